The molecular formula is C62H79N13O14S2. The van der Waals surface area contributed by atoms with E-state index in [0.29, 0.717) is 39.6 Å². The Morgan fingerprint density at radius 3 is 1.36 bits per heavy atom. The number of rotatable bonds is 17. The number of fused-ring (bicyclic) bond motifs is 1. The van der Waals surface area contributed by atoms with E-state index in [4.69, 9.17) is 17.2 Å². The van der Waals surface area contributed by atoms with Crippen LogP contribution in [0.4, 0.5) is 0 Å². The second-order valence-corrected chi connectivity index (χ2v) is 24.5. The molecule has 0 spiro atoms. The van der Waals surface area contributed by atoms with Crippen LogP contribution in [0.2, 0.25) is 0 Å². The molecule has 29 heteroatoms. The first-order valence-corrected chi connectivity index (χ1v) is 32.0. The van der Waals surface area contributed by atoms with Gasteiger partial charge in [0.05, 0.1) is 24.7 Å². The maximum Gasteiger partial charge on any atom is 0.327 e. The predicted octanol–water partition coefficient (Wildman–Crippen LogP) is -1.63. The summed E-state index contributed by atoms with van der Waals surface area (Å²) < 4.78 is 0. The highest BCUT2D eigenvalue weighted by Crippen LogP contribution is 2.24. The van der Waals surface area contributed by atoms with Crippen LogP contribution in [0.1, 0.15) is 61.8 Å². The smallest absolute Gasteiger partial charge is 0.327 e. The van der Waals surface area contributed by atoms with E-state index in [1.165, 1.54) is 6.92 Å². The molecule has 10 amide bonds. The fourth-order valence-electron chi connectivity index (χ4n) is 9.78. The summed E-state index contributed by atoms with van der Waals surface area (Å²) in [5, 5.41) is 55.9. The second-order valence-electron chi connectivity index (χ2n) is 22.0. The number of hydrogen-bond donors (Lipinski definition) is 16. The Kier molecular flexibility index (Phi) is 27.8. The molecule has 6 rings (SSSR count). The zero-order valence-electron chi connectivity index (χ0n) is 50.1. The van der Waals surface area contributed by atoms with E-state index in [1.807, 2.05) is 0 Å². The van der Waals surface area contributed by atoms with E-state index in [9.17, 15) is 58.5 Å². The highest BCUT2D eigenvalue weighted by molar-refractivity contribution is 8.76. The Hall–Kier alpha value is -8.87. The highest BCUT2D eigenvalue weighted by Gasteiger charge is 2.38. The third-order valence-electron chi connectivity index (χ3n) is 14.7. The molecule has 1 aromatic heterocycles. The number of aliphatic hydroxyl groups excluding tert-OH is 2. The van der Waals surface area contributed by atoms with E-state index >= 15 is 9.59 Å². The standard InChI is InChI=1S/C62H79N13O14S2/c1-34(76)51-60(86)72-46(28-38-20-10-5-11-21-38)59(85)75-52(35(2)77)61(87)73-49(62(88)89)33-91-90-32-41(64)53(79)68-48(30-50(65)78)58(84)70-44(26-36-16-6-3-7-17-36)55(81)69-45(27-37-18-8-4-9-19-37)56(82)71-47(29-39-31-66-42-23-13-12-22-40(39)42)57(83)67-43(54(80)74-51)24-14-15-25-63/h3-13,16-23,31,34-35,41,43-49,51-52,66,76-77H,14-15,24-30,32-33,63-64H2,1-2H3,(H2,65,78)(H,67,83)(H,68,79)(H,69,81)(H,70,84)(H,71,82)(H,72,86)(H,73,87)(H,74,80)(H,75,85)(H,88,89)/t34-,35-,41-,43+,44-,45+,46+,47+,48+,49+,51-,52-/m1/s1. The molecule has 27 nitrogen and oxygen atoms in total. The molecule has 2 heterocycles. The van der Waals surface area contributed by atoms with Gasteiger partial charge in [0.2, 0.25) is 59.1 Å². The Bertz CT molecular complexity index is 3310. The molecule has 0 radical (unpaired) electrons. The average molecular weight is 1290 g/mol. The van der Waals surface area contributed by atoms with Gasteiger partial charge in [-0.25, -0.2) is 4.79 Å². The van der Waals surface area contributed by atoms with E-state index in [1.54, 1.807) is 121 Å². The van der Waals surface area contributed by atoms with Gasteiger partial charge in [0.1, 0.15) is 54.4 Å². The minimum absolute atomic E-state index is 0.0865. The number of carbonyl (C=O) groups is 11. The number of amides is 10. The van der Waals surface area contributed by atoms with Crippen molar-refractivity contribution in [1.29, 1.82) is 0 Å². The fraction of sp³-hybridized carbons (Fsp3) is 0.403. The lowest BCUT2D eigenvalue weighted by molar-refractivity contribution is -0.142. The number of benzene rings is 4. The number of carboxylic acid groups (broad SMARTS) is 1. The fourth-order valence-corrected chi connectivity index (χ4v) is 12.1. The number of para-hydroxylation sites is 1. The molecule has 0 saturated carbocycles. The lowest BCUT2D eigenvalue weighted by atomic mass is 10.00. The Labute approximate surface area is 532 Å². The molecule has 91 heavy (non-hydrogen) atoms. The number of aromatic nitrogens is 1. The van der Waals surface area contributed by atoms with Gasteiger partial charge < -0.3 is 85.4 Å². The maximum atomic E-state index is 15.1. The Morgan fingerprint density at radius 2 is 0.890 bits per heavy atom. The third kappa shape index (κ3) is 22.2. The number of aromatic amines is 1. The van der Waals surface area contributed by atoms with E-state index in [0.717, 1.165) is 28.5 Å². The number of unbranched alkanes of at least 4 members (excludes halogenated alkanes) is 1. The largest absolute Gasteiger partial charge is 0.480 e. The van der Waals surface area contributed by atoms with Gasteiger partial charge in [-0.05, 0) is 68.0 Å². The van der Waals surface area contributed by atoms with Crippen LogP contribution in [0.15, 0.2) is 121 Å². The number of aliphatic hydroxyl groups is 2. The minimum Gasteiger partial charge on any atom is -0.480 e. The van der Waals surface area contributed by atoms with E-state index < -0.39 is 144 Å². The van der Waals surface area contributed by atoms with Gasteiger partial charge >= 0.3 is 5.97 Å². The summed E-state index contributed by atoms with van der Waals surface area (Å²) in [4.78, 5) is 158. The Morgan fingerprint density at radius 1 is 0.495 bits per heavy atom. The third-order valence-corrected chi connectivity index (χ3v) is 17.2. The number of carboxylic acids is 1. The molecule has 19 N–H and O–H groups in total. The molecule has 488 valence electrons. The van der Waals surface area contributed by atoms with Crippen molar-refractivity contribution in [2.45, 2.75) is 138 Å². The lowest BCUT2D eigenvalue weighted by Gasteiger charge is -2.29. The van der Waals surface area contributed by atoms with E-state index in [2.05, 4.69) is 52.8 Å². The van der Waals surface area contributed by atoms with Gasteiger partial charge in [-0.3, -0.25) is 47.9 Å². The summed E-state index contributed by atoms with van der Waals surface area (Å²) in [7, 11) is 1.76. The van der Waals surface area contributed by atoms with Crippen molar-refractivity contribution < 1.29 is 68.1 Å². The van der Waals surface area contributed by atoms with Crippen molar-refractivity contribution in [3.05, 3.63) is 144 Å². The van der Waals surface area contributed by atoms with Gasteiger partial charge in [0.25, 0.3) is 0 Å². The van der Waals surface area contributed by atoms with Crippen molar-refractivity contribution in [2.24, 2.45) is 17.2 Å². The first-order valence-electron chi connectivity index (χ1n) is 29.5. The van der Waals surface area contributed by atoms with Gasteiger partial charge in [0, 0.05) is 54.3 Å². The zero-order valence-corrected chi connectivity index (χ0v) is 51.8. The summed E-state index contributed by atoms with van der Waals surface area (Å²) in [5.74, 6) is -12.1. The molecular weight excluding hydrogens is 1210 g/mol. The molecule has 1 fully saturated rings. The number of carbonyl (C=O) groups excluding carboxylic acids is 10. The zero-order chi connectivity index (χ0) is 66.1. The summed E-state index contributed by atoms with van der Waals surface area (Å²) >= 11 is 0. The molecule has 1 aliphatic rings. The summed E-state index contributed by atoms with van der Waals surface area (Å²) in [6.45, 7) is 2.53. The first-order chi connectivity index (χ1) is 43.5. The molecule has 0 unspecified atom stereocenters. The lowest BCUT2D eigenvalue weighted by Crippen LogP contribution is -2.63. The summed E-state index contributed by atoms with van der Waals surface area (Å²) in [6.07, 6.45) is -2.74. The predicted molar refractivity (Wildman–Crippen MR) is 340 cm³/mol. The number of H-pyrrole nitrogens is 1. The first kappa shape index (κ1) is 71.2. The molecule has 4 aromatic carbocycles. The second kappa shape index (κ2) is 35.5. The monoisotopic (exact) mass is 1290 g/mol. The van der Waals surface area contributed by atoms with Crippen molar-refractivity contribution in [2.75, 3.05) is 18.1 Å². The van der Waals surface area contributed by atoms with Crippen LogP contribution in [0.25, 0.3) is 10.9 Å². The van der Waals surface area contributed by atoms with Crippen molar-refractivity contribution in [3.63, 3.8) is 0 Å². The summed E-state index contributed by atoms with van der Waals surface area (Å²) in [6, 6.07) is 16.4. The van der Waals surface area contributed by atoms with Crippen molar-refractivity contribution in [1.82, 2.24) is 52.8 Å². The van der Waals surface area contributed by atoms with Crippen LogP contribution in [0.5, 0.6) is 0 Å². The SMILES string of the molecule is C[C@@H](O)[C@H]1NC(=O)[C@H](Cc2ccccc2)NC(=O)[C@@H]([C@@H](C)O)NC(=O)[C@H](CCCCN)NC(=O)[C@H](Cc2c[nH]c3ccccc23)NC(=O)[C@H](Cc2ccccc2)NC(=O)[C@@H](Cc2ccccc2)NC(=O)[C@H](CC(N)=O)NC(=O)[C@H](N)CSSC[C@@H](C(=O)O)NC1=O. The molecule has 5 aromatic rings. The quantitative estimate of drug-likeness (QED) is 0.0367. The topological polar surface area (TPSA) is 451 Å². The number of aliphatic carboxylic acids is 1. The van der Waals surface area contributed by atoms with Crippen LogP contribution < -0.4 is 65.1 Å². The molecule has 0 bridgehead atoms. The number of nitrogens with one attached hydrogen (secondary N) is 10. The van der Waals surface area contributed by atoms with Crippen LogP contribution >= 0.6 is 21.6 Å². The van der Waals surface area contributed by atoms with E-state index in [-0.39, 0.29) is 56.6 Å². The number of primary amides is 1. The van der Waals surface area contributed by atoms with Crippen LogP contribution in [0.3, 0.4) is 0 Å². The van der Waals surface area contributed by atoms with Gasteiger partial charge in [-0.15, -0.1) is 0 Å². The Balaban J connectivity index is 1.42. The van der Waals surface area contributed by atoms with Crippen molar-refractivity contribution >= 4 is 97.5 Å². The van der Waals surface area contributed by atoms with Crippen molar-refractivity contribution in [3.8, 4) is 0 Å². The van der Waals surface area contributed by atoms with Gasteiger partial charge in [0.15, 0.2) is 0 Å². The minimum atomic E-state index is -1.83. The van der Waals surface area contributed by atoms with Gasteiger partial charge in [-0.2, -0.15) is 0 Å². The molecule has 1 aliphatic heterocycles. The summed E-state index contributed by atoms with van der Waals surface area (Å²) in [5.41, 5.74) is 20.5. The maximum absolute atomic E-state index is 15.1. The van der Waals surface area contributed by atoms with Crippen LogP contribution in [0, 0.1) is 0 Å². The van der Waals surface area contributed by atoms with Crippen LogP contribution in [-0.2, 0) is 78.4 Å². The van der Waals surface area contributed by atoms with Crippen LogP contribution in [-0.4, -0.2) is 176 Å². The molecule has 1 saturated heterocycles. The molecule has 0 aliphatic carbocycles. The number of hydrogen-bond acceptors (Lipinski definition) is 17. The normalized spacial score (nSPS) is 24.4. The molecule has 12 atom stereocenters. The van der Waals surface area contributed by atoms with Gasteiger partial charge in [-0.1, -0.05) is 131 Å². The highest BCUT2D eigenvalue weighted by atomic mass is 33.1. The number of nitrogens with two attached hydrogens (primary N) is 3. The average Bonchev–Trinajstić information content (AvgIpc) is 1.94.